The van der Waals surface area contributed by atoms with Crippen LogP contribution in [0.1, 0.15) is 5.56 Å². The Labute approximate surface area is 67.5 Å². The summed E-state index contributed by atoms with van der Waals surface area (Å²) in [6.07, 6.45) is 6.08. The Kier molecular flexibility index (Phi) is 2.93. The minimum Gasteiger partial charge on any atom is -0.350 e. The molecule has 0 amide bonds. The number of hydrogen-bond donors (Lipinski definition) is 1. The van der Waals surface area contributed by atoms with Crippen LogP contribution in [0, 0.1) is 0 Å². The van der Waals surface area contributed by atoms with Gasteiger partial charge in [0.05, 0.1) is 0 Å². The van der Waals surface area contributed by atoms with Crippen LogP contribution in [0.4, 0.5) is 0 Å². The summed E-state index contributed by atoms with van der Waals surface area (Å²) in [5, 5.41) is 3.10. The van der Waals surface area contributed by atoms with Crippen LogP contribution in [0.3, 0.4) is 0 Å². The highest BCUT2D eigenvalue weighted by molar-refractivity contribution is 5.10. The molecule has 0 spiro atoms. The van der Waals surface area contributed by atoms with E-state index < -0.39 is 0 Å². The third kappa shape index (κ3) is 2.24. The number of aromatic nitrogens is 1. The van der Waals surface area contributed by atoms with Crippen molar-refractivity contribution in [3.63, 3.8) is 0 Å². The molecule has 1 rings (SSSR count). The van der Waals surface area contributed by atoms with Gasteiger partial charge in [-0.25, -0.2) is 0 Å². The van der Waals surface area contributed by atoms with Crippen LogP contribution in [0.15, 0.2) is 31.1 Å². The fourth-order valence-electron chi connectivity index (χ4n) is 1.06. The largest absolute Gasteiger partial charge is 0.350 e. The van der Waals surface area contributed by atoms with E-state index in [1.54, 1.807) is 0 Å². The van der Waals surface area contributed by atoms with Gasteiger partial charge < -0.3 is 9.88 Å². The Bertz CT molecular complexity index is 225. The average Bonchev–Trinajstić information content (AvgIpc) is 2.38. The predicted molar refractivity (Wildman–Crippen MR) is 47.4 cm³/mol. The van der Waals surface area contributed by atoms with Crippen molar-refractivity contribution in [2.75, 3.05) is 7.05 Å². The molecule has 0 aliphatic rings. The van der Waals surface area contributed by atoms with Crippen molar-refractivity contribution in [1.29, 1.82) is 0 Å². The summed E-state index contributed by atoms with van der Waals surface area (Å²) in [6, 6.07) is 2.11. The van der Waals surface area contributed by atoms with E-state index in [2.05, 4.69) is 34.9 Å². The maximum absolute atomic E-state index is 3.67. The van der Waals surface area contributed by atoms with Crippen LogP contribution in [0.25, 0.3) is 0 Å². The summed E-state index contributed by atoms with van der Waals surface area (Å²) in [5.41, 5.74) is 1.31. The zero-order chi connectivity index (χ0) is 8.10. The second kappa shape index (κ2) is 3.98. The van der Waals surface area contributed by atoms with Crippen molar-refractivity contribution in [2.45, 2.75) is 13.1 Å². The maximum atomic E-state index is 3.67. The molecule has 0 saturated heterocycles. The first-order chi connectivity index (χ1) is 5.36. The minimum absolute atomic E-state index is 0.893. The summed E-state index contributed by atoms with van der Waals surface area (Å²) in [6.45, 7) is 5.50. The first kappa shape index (κ1) is 8.08. The van der Waals surface area contributed by atoms with E-state index in [0.29, 0.717) is 0 Å². The highest BCUT2D eigenvalue weighted by atomic mass is 14.9. The second-order valence-electron chi connectivity index (χ2n) is 2.54. The molecule has 1 N–H and O–H groups in total. The molecule has 0 aliphatic heterocycles. The zero-order valence-electron chi connectivity index (χ0n) is 6.88. The molecular formula is C9H14N2. The molecule has 0 aliphatic carbocycles. The number of rotatable bonds is 4. The molecule has 1 heterocycles. The van der Waals surface area contributed by atoms with Crippen LogP contribution in [0.2, 0.25) is 0 Å². The molecule has 0 atom stereocenters. The summed E-state index contributed by atoms with van der Waals surface area (Å²) in [4.78, 5) is 0. The van der Waals surface area contributed by atoms with Gasteiger partial charge in [-0.05, 0) is 18.7 Å². The molecule has 1 aromatic heterocycles. The normalized spacial score (nSPS) is 9.91. The van der Waals surface area contributed by atoms with Crippen molar-refractivity contribution in [3.8, 4) is 0 Å². The fraction of sp³-hybridized carbons (Fsp3) is 0.333. The fourth-order valence-corrected chi connectivity index (χ4v) is 1.06. The first-order valence-electron chi connectivity index (χ1n) is 3.77. The second-order valence-corrected chi connectivity index (χ2v) is 2.54. The van der Waals surface area contributed by atoms with Crippen LogP contribution in [-0.4, -0.2) is 11.6 Å². The van der Waals surface area contributed by atoms with Gasteiger partial charge in [-0.15, -0.1) is 6.58 Å². The Balaban J connectivity index is 2.57. The van der Waals surface area contributed by atoms with Crippen LogP contribution < -0.4 is 5.32 Å². The SMILES string of the molecule is C=CCn1ccc(CNC)c1. The predicted octanol–water partition coefficient (Wildman–Crippen LogP) is 1.39. The zero-order valence-corrected chi connectivity index (χ0v) is 6.88. The molecule has 2 heteroatoms. The third-order valence-electron chi connectivity index (χ3n) is 1.53. The molecule has 2 nitrogen and oxygen atoms in total. The lowest BCUT2D eigenvalue weighted by atomic mass is 10.3. The topological polar surface area (TPSA) is 17.0 Å². The van der Waals surface area contributed by atoms with E-state index >= 15 is 0 Å². The van der Waals surface area contributed by atoms with E-state index in [4.69, 9.17) is 0 Å². The van der Waals surface area contributed by atoms with E-state index in [0.717, 1.165) is 13.1 Å². The van der Waals surface area contributed by atoms with Crippen molar-refractivity contribution in [1.82, 2.24) is 9.88 Å². The smallest absolute Gasteiger partial charge is 0.0397 e. The Morgan fingerprint density at radius 1 is 1.73 bits per heavy atom. The molecular weight excluding hydrogens is 136 g/mol. The lowest BCUT2D eigenvalue weighted by Crippen LogP contribution is -2.03. The molecule has 0 radical (unpaired) electrons. The Morgan fingerprint density at radius 3 is 3.18 bits per heavy atom. The lowest BCUT2D eigenvalue weighted by molar-refractivity contribution is 0.795. The average molecular weight is 150 g/mol. The van der Waals surface area contributed by atoms with Crippen molar-refractivity contribution in [2.24, 2.45) is 0 Å². The van der Waals surface area contributed by atoms with Gasteiger partial charge in [0.25, 0.3) is 0 Å². The highest BCUT2D eigenvalue weighted by Crippen LogP contribution is 2.00. The van der Waals surface area contributed by atoms with Crippen molar-refractivity contribution >= 4 is 0 Å². The molecule has 0 unspecified atom stereocenters. The monoisotopic (exact) mass is 150 g/mol. The summed E-state index contributed by atoms with van der Waals surface area (Å²) in [7, 11) is 1.95. The maximum Gasteiger partial charge on any atom is 0.0397 e. The van der Waals surface area contributed by atoms with Gasteiger partial charge in [0, 0.05) is 25.5 Å². The van der Waals surface area contributed by atoms with Gasteiger partial charge in [0.1, 0.15) is 0 Å². The standard InChI is InChI=1S/C9H14N2/c1-3-5-11-6-4-9(8-11)7-10-2/h3-4,6,8,10H,1,5,7H2,2H3. The van der Waals surface area contributed by atoms with Crippen LogP contribution in [-0.2, 0) is 13.1 Å². The Morgan fingerprint density at radius 2 is 2.55 bits per heavy atom. The van der Waals surface area contributed by atoms with E-state index in [1.165, 1.54) is 5.56 Å². The van der Waals surface area contributed by atoms with Crippen molar-refractivity contribution < 1.29 is 0 Å². The molecule has 0 aromatic carbocycles. The summed E-state index contributed by atoms with van der Waals surface area (Å²) < 4.78 is 2.11. The number of nitrogens with one attached hydrogen (secondary N) is 1. The van der Waals surface area contributed by atoms with E-state index in [9.17, 15) is 0 Å². The molecule has 0 fully saturated rings. The van der Waals surface area contributed by atoms with E-state index in [1.807, 2.05) is 13.1 Å². The lowest BCUT2D eigenvalue weighted by Gasteiger charge is -1.95. The first-order valence-corrected chi connectivity index (χ1v) is 3.77. The quantitative estimate of drug-likeness (QED) is 0.642. The van der Waals surface area contributed by atoms with Crippen molar-refractivity contribution in [3.05, 3.63) is 36.7 Å². The van der Waals surface area contributed by atoms with Gasteiger partial charge in [-0.3, -0.25) is 0 Å². The van der Waals surface area contributed by atoms with Crippen LogP contribution in [0.5, 0.6) is 0 Å². The molecule has 0 bridgehead atoms. The number of nitrogens with zero attached hydrogens (tertiary/aromatic N) is 1. The summed E-state index contributed by atoms with van der Waals surface area (Å²) >= 11 is 0. The van der Waals surface area contributed by atoms with Gasteiger partial charge in [0.15, 0.2) is 0 Å². The molecule has 0 saturated carbocycles. The van der Waals surface area contributed by atoms with Gasteiger partial charge >= 0.3 is 0 Å². The molecule has 11 heavy (non-hydrogen) atoms. The van der Waals surface area contributed by atoms with E-state index in [-0.39, 0.29) is 0 Å². The van der Waals surface area contributed by atoms with Gasteiger partial charge in [0.2, 0.25) is 0 Å². The number of allylic oxidation sites excluding steroid dienone is 1. The Hall–Kier alpha value is -1.02. The highest BCUT2D eigenvalue weighted by Gasteiger charge is 1.92. The van der Waals surface area contributed by atoms with Gasteiger partial charge in [-0.2, -0.15) is 0 Å². The summed E-state index contributed by atoms with van der Waals surface area (Å²) in [5.74, 6) is 0. The molecule has 60 valence electrons. The number of hydrogen-bond acceptors (Lipinski definition) is 1. The molecule has 1 aromatic rings. The third-order valence-corrected chi connectivity index (χ3v) is 1.53. The minimum atomic E-state index is 0.893. The van der Waals surface area contributed by atoms with Crippen LogP contribution >= 0.6 is 0 Å². The van der Waals surface area contributed by atoms with Gasteiger partial charge in [-0.1, -0.05) is 6.08 Å².